The Morgan fingerprint density at radius 1 is 1.05 bits per heavy atom. The number of hydrogen-bond donors (Lipinski definition) is 0. The van der Waals surface area contributed by atoms with Crippen molar-refractivity contribution in [1.82, 2.24) is 0 Å². The third-order valence-corrected chi connectivity index (χ3v) is 3.83. The molecule has 0 spiro atoms. The third kappa shape index (κ3) is 2.77. The summed E-state index contributed by atoms with van der Waals surface area (Å²) in [6.07, 6.45) is 0. The van der Waals surface area contributed by atoms with Gasteiger partial charge in [0.2, 0.25) is 0 Å². The zero-order valence-corrected chi connectivity index (χ0v) is 12.8. The van der Waals surface area contributed by atoms with Crippen molar-refractivity contribution < 1.29 is 14.3 Å². The van der Waals surface area contributed by atoms with E-state index in [1.807, 2.05) is 52.8 Å². The predicted molar refractivity (Wildman–Crippen MR) is 77.4 cm³/mol. The Balaban J connectivity index is 2.15. The van der Waals surface area contributed by atoms with Crippen LogP contribution in [0.4, 0.5) is 0 Å². The lowest BCUT2D eigenvalue weighted by Crippen LogP contribution is -2.26. The summed E-state index contributed by atoms with van der Waals surface area (Å²) >= 11 is 0. The molecular weight excluding hydrogens is 252 g/mol. The van der Waals surface area contributed by atoms with Crippen LogP contribution < -0.4 is 0 Å². The topological polar surface area (TPSA) is 43.4 Å². The third-order valence-electron chi connectivity index (χ3n) is 3.83. The molecule has 1 saturated carbocycles. The summed E-state index contributed by atoms with van der Waals surface area (Å²) in [5.74, 6) is -0.850. The van der Waals surface area contributed by atoms with Gasteiger partial charge in [0.15, 0.2) is 5.78 Å². The first-order chi connectivity index (χ1) is 9.14. The van der Waals surface area contributed by atoms with E-state index in [-0.39, 0.29) is 29.0 Å². The van der Waals surface area contributed by atoms with Gasteiger partial charge in [-0.3, -0.25) is 9.59 Å². The molecule has 0 bridgehead atoms. The number of carbonyl (C=O) groups is 2. The van der Waals surface area contributed by atoms with Gasteiger partial charge in [0, 0.05) is 11.5 Å². The molecule has 2 atom stereocenters. The van der Waals surface area contributed by atoms with Gasteiger partial charge < -0.3 is 4.74 Å². The molecule has 0 heterocycles. The molecule has 0 N–H and O–H groups in total. The van der Waals surface area contributed by atoms with Crippen LogP contribution in [-0.4, -0.2) is 17.4 Å². The molecule has 0 aliphatic heterocycles. The molecule has 0 saturated heterocycles. The maximum atomic E-state index is 12.5. The van der Waals surface area contributed by atoms with Crippen molar-refractivity contribution in [3.8, 4) is 0 Å². The molecular formula is C17H22O3. The van der Waals surface area contributed by atoms with Crippen molar-refractivity contribution in [2.45, 2.75) is 40.2 Å². The lowest BCUT2D eigenvalue weighted by molar-refractivity contribution is -0.157. The number of hydrogen-bond acceptors (Lipinski definition) is 3. The minimum atomic E-state index is -0.518. The average molecular weight is 274 g/mol. The summed E-state index contributed by atoms with van der Waals surface area (Å²) in [5, 5.41) is 0. The zero-order valence-electron chi connectivity index (χ0n) is 12.8. The van der Waals surface area contributed by atoms with Crippen molar-refractivity contribution in [1.29, 1.82) is 0 Å². The van der Waals surface area contributed by atoms with Crippen LogP contribution in [0.15, 0.2) is 30.3 Å². The Hall–Kier alpha value is -1.64. The Morgan fingerprint density at radius 3 is 2.10 bits per heavy atom. The second-order valence-electron chi connectivity index (χ2n) is 7.04. The van der Waals surface area contributed by atoms with Crippen molar-refractivity contribution in [3.63, 3.8) is 0 Å². The number of ether oxygens (including phenoxy) is 1. The highest BCUT2D eigenvalue weighted by atomic mass is 16.6. The first-order valence-corrected chi connectivity index (χ1v) is 6.97. The highest BCUT2D eigenvalue weighted by Gasteiger charge is 2.66. The van der Waals surface area contributed by atoms with Crippen LogP contribution in [0, 0.1) is 17.3 Å². The van der Waals surface area contributed by atoms with Gasteiger partial charge in [-0.25, -0.2) is 0 Å². The molecule has 0 unspecified atom stereocenters. The molecule has 1 fully saturated rings. The molecule has 0 amide bonds. The lowest BCUT2D eigenvalue weighted by Gasteiger charge is -2.19. The molecule has 3 nitrogen and oxygen atoms in total. The first kappa shape index (κ1) is 14.8. The fraction of sp³-hybridized carbons (Fsp3) is 0.529. The number of ketones is 1. The van der Waals surface area contributed by atoms with Gasteiger partial charge in [0.05, 0.1) is 5.92 Å². The molecule has 1 aliphatic carbocycles. The number of benzene rings is 1. The molecule has 1 aromatic carbocycles. The van der Waals surface area contributed by atoms with Crippen LogP contribution in [0.2, 0.25) is 0 Å². The largest absolute Gasteiger partial charge is 0.460 e. The number of rotatable bonds is 3. The predicted octanol–water partition coefficient (Wildman–Crippen LogP) is 3.48. The number of carbonyl (C=O) groups excluding carboxylic acids is 2. The van der Waals surface area contributed by atoms with Gasteiger partial charge >= 0.3 is 5.97 Å². The fourth-order valence-corrected chi connectivity index (χ4v) is 2.71. The van der Waals surface area contributed by atoms with E-state index in [1.54, 1.807) is 12.1 Å². The van der Waals surface area contributed by atoms with E-state index in [0.29, 0.717) is 5.56 Å². The molecule has 108 valence electrons. The van der Waals surface area contributed by atoms with Crippen LogP contribution in [0.25, 0.3) is 0 Å². The summed E-state index contributed by atoms with van der Waals surface area (Å²) in [7, 11) is 0. The maximum Gasteiger partial charge on any atom is 0.310 e. The highest BCUT2D eigenvalue weighted by Crippen LogP contribution is 2.60. The summed E-state index contributed by atoms with van der Waals surface area (Å²) in [6, 6.07) is 9.14. The minimum Gasteiger partial charge on any atom is -0.460 e. The Labute approximate surface area is 120 Å². The van der Waals surface area contributed by atoms with Crippen molar-refractivity contribution in [3.05, 3.63) is 35.9 Å². The smallest absolute Gasteiger partial charge is 0.310 e. The number of Topliss-reactive ketones (excluding diaryl/α,β-unsaturated/α-hetero) is 1. The van der Waals surface area contributed by atoms with Crippen molar-refractivity contribution >= 4 is 11.8 Å². The van der Waals surface area contributed by atoms with Gasteiger partial charge in [0.25, 0.3) is 0 Å². The van der Waals surface area contributed by atoms with E-state index in [4.69, 9.17) is 4.74 Å². The second kappa shape index (κ2) is 4.72. The van der Waals surface area contributed by atoms with E-state index >= 15 is 0 Å². The zero-order chi connectivity index (χ0) is 15.1. The van der Waals surface area contributed by atoms with Crippen LogP contribution in [0.1, 0.15) is 45.0 Å². The van der Waals surface area contributed by atoms with Gasteiger partial charge in [0.1, 0.15) is 5.60 Å². The average Bonchev–Trinajstić information content (AvgIpc) is 2.90. The van der Waals surface area contributed by atoms with E-state index in [1.165, 1.54) is 0 Å². The van der Waals surface area contributed by atoms with Gasteiger partial charge in [-0.1, -0.05) is 44.2 Å². The highest BCUT2D eigenvalue weighted by molar-refractivity contribution is 6.04. The maximum absolute atomic E-state index is 12.5. The molecule has 0 aromatic heterocycles. The Bertz CT molecular complexity index is 523. The SMILES string of the molecule is CC(C)(C)OC(=O)[C@@H]1[C@@H](C(=O)c2ccccc2)C1(C)C. The standard InChI is InChI=1S/C17H22O3/c1-16(2,3)20-15(19)13-12(17(13,4)5)14(18)11-9-7-6-8-10-11/h6-10,12-13H,1-5H3/t12-,13-/m0/s1. The molecule has 20 heavy (non-hydrogen) atoms. The molecule has 1 aliphatic rings. The van der Waals surface area contributed by atoms with Gasteiger partial charge in [-0.15, -0.1) is 0 Å². The Morgan fingerprint density at radius 2 is 1.60 bits per heavy atom. The normalized spacial score (nSPS) is 24.1. The molecule has 3 heteroatoms. The summed E-state index contributed by atoms with van der Waals surface area (Å²) in [6.45, 7) is 9.43. The quantitative estimate of drug-likeness (QED) is 0.626. The number of esters is 1. The van der Waals surface area contributed by atoms with E-state index in [9.17, 15) is 9.59 Å². The summed E-state index contributed by atoms with van der Waals surface area (Å²) in [4.78, 5) is 24.7. The second-order valence-corrected chi connectivity index (χ2v) is 7.04. The molecule has 2 rings (SSSR count). The summed E-state index contributed by atoms with van der Waals surface area (Å²) in [5.41, 5.74) is -0.178. The first-order valence-electron chi connectivity index (χ1n) is 6.97. The lowest BCUT2D eigenvalue weighted by atomic mass is 10.0. The van der Waals surface area contributed by atoms with E-state index in [2.05, 4.69) is 0 Å². The van der Waals surface area contributed by atoms with Gasteiger partial charge in [-0.05, 0) is 26.2 Å². The van der Waals surface area contributed by atoms with Crippen molar-refractivity contribution in [2.24, 2.45) is 17.3 Å². The minimum absolute atomic E-state index is 0.0338. The van der Waals surface area contributed by atoms with Crippen LogP contribution in [0.5, 0.6) is 0 Å². The van der Waals surface area contributed by atoms with Gasteiger partial charge in [-0.2, -0.15) is 0 Å². The molecule has 1 aromatic rings. The Kier molecular flexibility index (Phi) is 3.49. The molecule has 0 radical (unpaired) electrons. The van der Waals surface area contributed by atoms with Crippen LogP contribution in [0.3, 0.4) is 0 Å². The van der Waals surface area contributed by atoms with E-state index < -0.39 is 5.60 Å². The fourth-order valence-electron chi connectivity index (χ4n) is 2.71. The monoisotopic (exact) mass is 274 g/mol. The van der Waals surface area contributed by atoms with Crippen molar-refractivity contribution in [2.75, 3.05) is 0 Å². The van der Waals surface area contributed by atoms with Crippen LogP contribution in [-0.2, 0) is 9.53 Å². The van der Waals surface area contributed by atoms with Crippen LogP contribution >= 0.6 is 0 Å². The van der Waals surface area contributed by atoms with E-state index in [0.717, 1.165) is 0 Å². The summed E-state index contributed by atoms with van der Waals surface area (Å²) < 4.78 is 5.42.